The Morgan fingerprint density at radius 2 is 1.88 bits per heavy atom. The molecule has 1 atom stereocenters. The average Bonchev–Trinajstić information content (AvgIpc) is 2.25. The first kappa shape index (κ1) is 13.5. The highest BCUT2D eigenvalue weighted by atomic mass is 19.2. The van der Waals surface area contributed by atoms with Gasteiger partial charge in [-0.3, -0.25) is 4.79 Å². The van der Waals surface area contributed by atoms with Crippen LogP contribution >= 0.6 is 0 Å². The lowest BCUT2D eigenvalue weighted by Crippen LogP contribution is -2.20. The molecule has 0 saturated heterocycles. The van der Waals surface area contributed by atoms with Crippen LogP contribution in [0.5, 0.6) is 0 Å². The molecule has 0 aliphatic heterocycles. The Labute approximate surface area is 96.8 Å². The number of nitrogens with two attached hydrogens (primary N) is 1. The Balaban J connectivity index is 2.75. The van der Waals surface area contributed by atoms with Crippen molar-refractivity contribution in [2.45, 2.75) is 13.3 Å². The van der Waals surface area contributed by atoms with E-state index in [1.807, 2.05) is 0 Å². The number of hydrogen-bond acceptors (Lipinski definition) is 2. The van der Waals surface area contributed by atoms with Crippen LogP contribution in [0, 0.1) is 23.4 Å². The third-order valence-corrected chi connectivity index (χ3v) is 2.22. The standard InChI is InChI=1S/C11H13F3N2O/c1-6(5-15)2-11(17)16-10-4-8(13)7(12)3-9(10)14/h3-4,6H,2,5,15H2,1H3,(H,16,17). The van der Waals surface area contributed by atoms with Gasteiger partial charge in [0.15, 0.2) is 11.6 Å². The summed E-state index contributed by atoms with van der Waals surface area (Å²) in [5.41, 5.74) is 4.95. The Kier molecular flexibility index (Phi) is 4.51. The first-order chi connectivity index (χ1) is 7.93. The molecule has 1 amide bonds. The van der Waals surface area contributed by atoms with E-state index in [-0.39, 0.29) is 18.0 Å². The van der Waals surface area contributed by atoms with Gasteiger partial charge in [0.25, 0.3) is 0 Å². The van der Waals surface area contributed by atoms with E-state index in [9.17, 15) is 18.0 Å². The summed E-state index contributed by atoms with van der Waals surface area (Å²) < 4.78 is 38.6. The molecular formula is C11H13F3N2O. The van der Waals surface area contributed by atoms with E-state index >= 15 is 0 Å². The van der Waals surface area contributed by atoms with E-state index in [1.54, 1.807) is 6.92 Å². The molecule has 1 aromatic rings. The van der Waals surface area contributed by atoms with Crippen molar-refractivity contribution < 1.29 is 18.0 Å². The molecule has 0 saturated carbocycles. The number of carbonyl (C=O) groups excluding carboxylic acids is 1. The molecule has 0 radical (unpaired) electrons. The first-order valence-corrected chi connectivity index (χ1v) is 5.08. The minimum atomic E-state index is -1.30. The smallest absolute Gasteiger partial charge is 0.224 e. The van der Waals surface area contributed by atoms with Gasteiger partial charge in [-0.1, -0.05) is 6.92 Å². The number of hydrogen-bond donors (Lipinski definition) is 2. The molecule has 1 rings (SSSR count). The van der Waals surface area contributed by atoms with Crippen LogP contribution in [-0.4, -0.2) is 12.5 Å². The second-order valence-corrected chi connectivity index (χ2v) is 3.84. The van der Waals surface area contributed by atoms with Crippen LogP contribution in [0.15, 0.2) is 12.1 Å². The number of benzene rings is 1. The molecular weight excluding hydrogens is 233 g/mol. The molecule has 6 heteroatoms. The first-order valence-electron chi connectivity index (χ1n) is 5.08. The summed E-state index contributed by atoms with van der Waals surface area (Å²) in [5, 5.41) is 2.17. The predicted molar refractivity (Wildman–Crippen MR) is 57.8 cm³/mol. The van der Waals surface area contributed by atoms with Gasteiger partial charge in [0.05, 0.1) is 5.69 Å². The van der Waals surface area contributed by atoms with Gasteiger partial charge in [-0.15, -0.1) is 0 Å². The van der Waals surface area contributed by atoms with E-state index in [0.29, 0.717) is 18.7 Å². The van der Waals surface area contributed by atoms with E-state index in [1.165, 1.54) is 0 Å². The summed E-state index contributed by atoms with van der Waals surface area (Å²) >= 11 is 0. The van der Waals surface area contributed by atoms with Crippen LogP contribution in [0.3, 0.4) is 0 Å². The highest BCUT2D eigenvalue weighted by molar-refractivity contribution is 5.90. The number of halogens is 3. The number of nitrogens with one attached hydrogen (secondary N) is 1. The molecule has 0 aliphatic carbocycles. The van der Waals surface area contributed by atoms with Gasteiger partial charge in [-0.25, -0.2) is 13.2 Å². The van der Waals surface area contributed by atoms with Crippen molar-refractivity contribution in [3.63, 3.8) is 0 Å². The summed E-state index contributed by atoms with van der Waals surface area (Å²) in [6, 6.07) is 0.993. The molecule has 17 heavy (non-hydrogen) atoms. The van der Waals surface area contributed by atoms with E-state index in [2.05, 4.69) is 5.32 Å². The van der Waals surface area contributed by atoms with Gasteiger partial charge in [0.1, 0.15) is 5.82 Å². The van der Waals surface area contributed by atoms with Gasteiger partial charge in [-0.05, 0) is 12.5 Å². The fourth-order valence-corrected chi connectivity index (χ4v) is 1.22. The zero-order chi connectivity index (χ0) is 13.0. The normalized spacial score (nSPS) is 12.3. The fourth-order valence-electron chi connectivity index (χ4n) is 1.22. The number of amides is 1. The topological polar surface area (TPSA) is 55.1 Å². The van der Waals surface area contributed by atoms with Crippen LogP contribution in [0.2, 0.25) is 0 Å². The van der Waals surface area contributed by atoms with Crippen molar-refractivity contribution >= 4 is 11.6 Å². The second-order valence-electron chi connectivity index (χ2n) is 3.84. The Morgan fingerprint density at radius 3 is 2.47 bits per heavy atom. The molecule has 1 aromatic carbocycles. The molecule has 1 unspecified atom stereocenters. The highest BCUT2D eigenvalue weighted by Crippen LogP contribution is 2.18. The third-order valence-electron chi connectivity index (χ3n) is 2.22. The van der Waals surface area contributed by atoms with E-state index in [4.69, 9.17) is 5.73 Å². The second kappa shape index (κ2) is 5.67. The van der Waals surface area contributed by atoms with Crippen molar-refractivity contribution in [3.05, 3.63) is 29.6 Å². The largest absolute Gasteiger partial charge is 0.330 e. The van der Waals surface area contributed by atoms with Crippen LogP contribution in [0.25, 0.3) is 0 Å². The Hall–Kier alpha value is -1.56. The number of carbonyl (C=O) groups is 1. The van der Waals surface area contributed by atoms with Gasteiger partial charge >= 0.3 is 0 Å². The lowest BCUT2D eigenvalue weighted by Gasteiger charge is -2.10. The Bertz CT molecular complexity index is 423. The number of rotatable bonds is 4. The van der Waals surface area contributed by atoms with Gasteiger partial charge in [-0.2, -0.15) is 0 Å². The van der Waals surface area contributed by atoms with Crippen molar-refractivity contribution in [3.8, 4) is 0 Å². The molecule has 0 bridgehead atoms. The van der Waals surface area contributed by atoms with Gasteiger partial charge in [0.2, 0.25) is 5.91 Å². The summed E-state index contributed by atoms with van der Waals surface area (Å²) in [6.07, 6.45) is 0.0922. The lowest BCUT2D eigenvalue weighted by atomic mass is 10.1. The maximum absolute atomic E-state index is 13.2. The van der Waals surface area contributed by atoms with Crippen LogP contribution < -0.4 is 11.1 Å². The van der Waals surface area contributed by atoms with Crippen molar-refractivity contribution in [1.29, 1.82) is 0 Å². The van der Waals surface area contributed by atoms with Crippen molar-refractivity contribution in [1.82, 2.24) is 0 Å². The summed E-state index contributed by atoms with van der Waals surface area (Å²) in [4.78, 5) is 11.4. The summed E-state index contributed by atoms with van der Waals surface area (Å²) in [7, 11) is 0. The maximum atomic E-state index is 13.2. The summed E-state index contributed by atoms with van der Waals surface area (Å²) in [6.45, 7) is 2.06. The maximum Gasteiger partial charge on any atom is 0.224 e. The molecule has 0 aliphatic rings. The zero-order valence-corrected chi connectivity index (χ0v) is 9.27. The number of anilines is 1. The van der Waals surface area contributed by atoms with E-state index < -0.39 is 23.4 Å². The molecule has 3 N–H and O–H groups in total. The monoisotopic (exact) mass is 246 g/mol. The SMILES string of the molecule is CC(CN)CC(=O)Nc1cc(F)c(F)cc1F. The van der Waals surface area contributed by atoms with Crippen LogP contribution in [0.4, 0.5) is 18.9 Å². The quantitative estimate of drug-likeness (QED) is 0.798. The predicted octanol–water partition coefficient (Wildman–Crippen LogP) is 2.03. The van der Waals surface area contributed by atoms with Crippen LogP contribution in [-0.2, 0) is 4.79 Å². The molecule has 0 aromatic heterocycles. The Morgan fingerprint density at radius 1 is 1.29 bits per heavy atom. The fraction of sp³-hybridized carbons (Fsp3) is 0.364. The molecule has 94 valence electrons. The third kappa shape index (κ3) is 3.74. The molecule has 0 heterocycles. The molecule has 3 nitrogen and oxygen atoms in total. The molecule has 0 fully saturated rings. The highest BCUT2D eigenvalue weighted by Gasteiger charge is 2.13. The minimum absolute atomic E-state index is 0.0663. The molecule has 0 spiro atoms. The minimum Gasteiger partial charge on any atom is -0.330 e. The van der Waals surface area contributed by atoms with Crippen molar-refractivity contribution in [2.24, 2.45) is 11.7 Å². The lowest BCUT2D eigenvalue weighted by molar-refractivity contribution is -0.116. The van der Waals surface area contributed by atoms with Crippen molar-refractivity contribution in [2.75, 3.05) is 11.9 Å². The summed E-state index contributed by atoms with van der Waals surface area (Å²) in [5.74, 6) is -4.08. The van der Waals surface area contributed by atoms with E-state index in [0.717, 1.165) is 0 Å². The zero-order valence-electron chi connectivity index (χ0n) is 9.27. The van der Waals surface area contributed by atoms with Crippen LogP contribution in [0.1, 0.15) is 13.3 Å². The average molecular weight is 246 g/mol. The van der Waals surface area contributed by atoms with Gasteiger partial charge in [0, 0.05) is 18.6 Å². The van der Waals surface area contributed by atoms with Gasteiger partial charge < -0.3 is 11.1 Å².